The topological polar surface area (TPSA) is 47.1 Å². The quantitative estimate of drug-likeness (QED) is 0.926. The summed E-state index contributed by atoms with van der Waals surface area (Å²) in [5.74, 6) is 1.93. The zero-order valence-electron chi connectivity index (χ0n) is 14.4. The lowest BCUT2D eigenvalue weighted by atomic mass is 9.77. The molecule has 4 heteroatoms. The van der Waals surface area contributed by atoms with Crippen molar-refractivity contribution >= 4 is 11.5 Å². The standard InChI is InChI=1S/C17H32N4/c1-6-8-14-15(18)16(20(5)19-14)21-11-7-9-13(10-12-21)17(2,3)4/h13H,6-12,18H2,1-5H3. The predicted molar refractivity (Wildman–Crippen MR) is 90.6 cm³/mol. The maximum absolute atomic E-state index is 6.37. The number of hydrogen-bond donors (Lipinski definition) is 1. The molecule has 2 rings (SSSR count). The molecule has 2 heterocycles. The Bertz CT molecular complexity index is 470. The molecule has 1 aromatic heterocycles. The smallest absolute Gasteiger partial charge is 0.150 e. The molecule has 120 valence electrons. The second kappa shape index (κ2) is 6.29. The largest absolute Gasteiger partial charge is 0.394 e. The van der Waals surface area contributed by atoms with Crippen LogP contribution >= 0.6 is 0 Å². The van der Waals surface area contributed by atoms with Gasteiger partial charge in [0, 0.05) is 20.1 Å². The summed E-state index contributed by atoms with van der Waals surface area (Å²) in [5, 5.41) is 4.62. The highest BCUT2D eigenvalue weighted by Crippen LogP contribution is 2.36. The lowest BCUT2D eigenvalue weighted by Crippen LogP contribution is -2.28. The van der Waals surface area contributed by atoms with E-state index in [0.717, 1.165) is 49.0 Å². The zero-order valence-corrected chi connectivity index (χ0v) is 14.4. The lowest BCUT2D eigenvalue weighted by Gasteiger charge is -2.30. The van der Waals surface area contributed by atoms with Gasteiger partial charge in [-0.15, -0.1) is 0 Å². The Balaban J connectivity index is 2.16. The van der Waals surface area contributed by atoms with E-state index in [4.69, 9.17) is 5.73 Å². The zero-order chi connectivity index (χ0) is 15.6. The first-order chi connectivity index (χ1) is 9.84. The van der Waals surface area contributed by atoms with E-state index in [-0.39, 0.29) is 0 Å². The molecule has 1 aromatic rings. The minimum atomic E-state index is 0.404. The molecule has 0 radical (unpaired) electrons. The summed E-state index contributed by atoms with van der Waals surface area (Å²) in [7, 11) is 2.02. The van der Waals surface area contributed by atoms with Gasteiger partial charge in [0.1, 0.15) is 5.82 Å². The molecule has 0 amide bonds. The summed E-state index contributed by atoms with van der Waals surface area (Å²) in [5.41, 5.74) is 8.73. The number of hydrogen-bond acceptors (Lipinski definition) is 3. The van der Waals surface area contributed by atoms with E-state index in [1.165, 1.54) is 19.3 Å². The van der Waals surface area contributed by atoms with Gasteiger partial charge >= 0.3 is 0 Å². The number of nitrogens with zero attached hydrogens (tertiary/aromatic N) is 3. The first kappa shape index (κ1) is 16.2. The van der Waals surface area contributed by atoms with Crippen molar-refractivity contribution in [2.45, 2.75) is 59.8 Å². The first-order valence-corrected chi connectivity index (χ1v) is 8.40. The molecule has 0 saturated carbocycles. The van der Waals surface area contributed by atoms with Gasteiger partial charge in [0.15, 0.2) is 0 Å². The summed E-state index contributed by atoms with van der Waals surface area (Å²) in [4.78, 5) is 2.45. The van der Waals surface area contributed by atoms with Gasteiger partial charge in [0.2, 0.25) is 0 Å². The highest BCUT2D eigenvalue weighted by Gasteiger charge is 2.28. The van der Waals surface area contributed by atoms with Gasteiger partial charge in [-0.3, -0.25) is 4.68 Å². The Morgan fingerprint density at radius 2 is 1.95 bits per heavy atom. The van der Waals surface area contributed by atoms with Gasteiger partial charge in [-0.1, -0.05) is 34.1 Å². The van der Waals surface area contributed by atoms with E-state index in [1.807, 2.05) is 11.7 Å². The Hall–Kier alpha value is -1.19. The van der Waals surface area contributed by atoms with E-state index in [9.17, 15) is 0 Å². The monoisotopic (exact) mass is 292 g/mol. The van der Waals surface area contributed by atoms with Crippen LogP contribution < -0.4 is 10.6 Å². The second-order valence-corrected chi connectivity index (χ2v) is 7.54. The maximum Gasteiger partial charge on any atom is 0.150 e. The van der Waals surface area contributed by atoms with E-state index in [0.29, 0.717) is 5.41 Å². The molecular weight excluding hydrogens is 260 g/mol. The molecule has 1 aliphatic rings. The van der Waals surface area contributed by atoms with E-state index >= 15 is 0 Å². The van der Waals surface area contributed by atoms with Crippen LogP contribution in [0, 0.1) is 11.3 Å². The van der Waals surface area contributed by atoms with Gasteiger partial charge in [-0.05, 0) is 37.0 Å². The van der Waals surface area contributed by atoms with E-state index in [2.05, 4.69) is 37.7 Å². The molecule has 0 aliphatic carbocycles. The summed E-state index contributed by atoms with van der Waals surface area (Å²) < 4.78 is 1.98. The highest BCUT2D eigenvalue weighted by molar-refractivity contribution is 5.66. The summed E-state index contributed by atoms with van der Waals surface area (Å²) in [6.07, 6.45) is 5.87. The Labute approximate surface area is 129 Å². The molecule has 0 spiro atoms. The van der Waals surface area contributed by atoms with E-state index < -0.39 is 0 Å². The molecule has 21 heavy (non-hydrogen) atoms. The minimum Gasteiger partial charge on any atom is -0.394 e. The normalized spacial score (nSPS) is 20.6. The van der Waals surface area contributed by atoms with Crippen molar-refractivity contribution in [3.05, 3.63) is 5.69 Å². The Kier molecular flexibility index (Phi) is 4.84. The average Bonchev–Trinajstić information content (AvgIpc) is 2.58. The van der Waals surface area contributed by atoms with Crippen molar-refractivity contribution in [1.29, 1.82) is 0 Å². The van der Waals surface area contributed by atoms with Crippen LogP contribution in [0.2, 0.25) is 0 Å². The first-order valence-electron chi connectivity index (χ1n) is 8.40. The third-order valence-electron chi connectivity index (χ3n) is 4.87. The van der Waals surface area contributed by atoms with Crippen molar-refractivity contribution in [1.82, 2.24) is 9.78 Å². The fourth-order valence-electron chi connectivity index (χ4n) is 3.56. The molecule has 0 aromatic carbocycles. The molecule has 1 atom stereocenters. The number of aromatic nitrogens is 2. The lowest BCUT2D eigenvalue weighted by molar-refractivity contribution is 0.220. The van der Waals surface area contributed by atoms with Crippen LogP contribution in [0.15, 0.2) is 0 Å². The molecule has 0 bridgehead atoms. The SMILES string of the molecule is CCCc1nn(C)c(N2CCCC(C(C)(C)C)CC2)c1N. The predicted octanol–water partition coefficient (Wildman–Crippen LogP) is 3.61. The minimum absolute atomic E-state index is 0.404. The molecule has 1 aliphatic heterocycles. The van der Waals surface area contributed by atoms with Crippen molar-refractivity contribution in [3.8, 4) is 0 Å². The van der Waals surface area contributed by atoms with Gasteiger partial charge in [0.05, 0.1) is 11.4 Å². The summed E-state index contributed by atoms with van der Waals surface area (Å²) in [6.45, 7) is 11.5. The molecule has 1 fully saturated rings. The van der Waals surface area contributed by atoms with Crippen LogP contribution in [-0.4, -0.2) is 22.9 Å². The maximum atomic E-state index is 6.37. The Morgan fingerprint density at radius 1 is 1.24 bits per heavy atom. The fourth-order valence-corrected chi connectivity index (χ4v) is 3.56. The van der Waals surface area contributed by atoms with Crippen molar-refractivity contribution < 1.29 is 0 Å². The summed E-state index contributed by atoms with van der Waals surface area (Å²) >= 11 is 0. The van der Waals surface area contributed by atoms with Gasteiger partial charge in [-0.25, -0.2) is 0 Å². The number of nitrogens with two attached hydrogens (primary N) is 1. The van der Waals surface area contributed by atoms with Crippen LogP contribution in [0.1, 0.15) is 59.1 Å². The molecule has 1 saturated heterocycles. The molecular formula is C17H32N4. The fraction of sp³-hybridized carbons (Fsp3) is 0.824. The number of aryl methyl sites for hydroxylation is 2. The van der Waals surface area contributed by atoms with Gasteiger partial charge in [0.25, 0.3) is 0 Å². The number of rotatable bonds is 3. The average molecular weight is 292 g/mol. The number of nitrogen functional groups attached to an aromatic ring is 1. The van der Waals surface area contributed by atoms with Crippen LogP contribution in [0.25, 0.3) is 0 Å². The van der Waals surface area contributed by atoms with Crippen molar-refractivity contribution in [3.63, 3.8) is 0 Å². The molecule has 4 nitrogen and oxygen atoms in total. The van der Waals surface area contributed by atoms with Gasteiger partial charge in [-0.2, -0.15) is 5.10 Å². The summed E-state index contributed by atoms with van der Waals surface area (Å²) in [6, 6.07) is 0. The van der Waals surface area contributed by atoms with Crippen LogP contribution in [0.5, 0.6) is 0 Å². The molecule has 1 unspecified atom stereocenters. The third kappa shape index (κ3) is 3.53. The third-order valence-corrected chi connectivity index (χ3v) is 4.87. The van der Waals surface area contributed by atoms with Crippen LogP contribution in [0.4, 0.5) is 11.5 Å². The number of anilines is 2. The van der Waals surface area contributed by atoms with Crippen LogP contribution in [0.3, 0.4) is 0 Å². The Morgan fingerprint density at radius 3 is 2.57 bits per heavy atom. The second-order valence-electron chi connectivity index (χ2n) is 7.54. The molecule has 2 N–H and O–H groups in total. The van der Waals surface area contributed by atoms with Crippen LogP contribution in [-0.2, 0) is 13.5 Å². The van der Waals surface area contributed by atoms with Gasteiger partial charge < -0.3 is 10.6 Å². The van der Waals surface area contributed by atoms with E-state index in [1.54, 1.807) is 0 Å². The van der Waals surface area contributed by atoms with Crippen molar-refractivity contribution in [2.75, 3.05) is 23.7 Å². The van der Waals surface area contributed by atoms with Crippen molar-refractivity contribution in [2.24, 2.45) is 18.4 Å². The highest BCUT2D eigenvalue weighted by atomic mass is 15.4.